The van der Waals surface area contributed by atoms with Gasteiger partial charge in [0.15, 0.2) is 0 Å². The summed E-state index contributed by atoms with van der Waals surface area (Å²) in [4.78, 5) is 13.5. The highest BCUT2D eigenvalue weighted by Gasteiger charge is 2.08. The Morgan fingerprint density at radius 3 is 2.80 bits per heavy atom. The van der Waals surface area contributed by atoms with Crippen molar-refractivity contribution >= 4 is 0 Å². The first-order valence-corrected chi connectivity index (χ1v) is 5.39. The number of nitrogens with zero attached hydrogens (tertiary/aromatic N) is 3. The molecule has 0 spiro atoms. The zero-order chi connectivity index (χ0) is 10.5. The van der Waals surface area contributed by atoms with E-state index in [1.54, 1.807) is 10.9 Å². The quantitative estimate of drug-likeness (QED) is 0.661. The summed E-state index contributed by atoms with van der Waals surface area (Å²) in [5.74, 6) is 0. The molecule has 6 nitrogen and oxygen atoms in total. The lowest BCUT2D eigenvalue weighted by molar-refractivity contribution is 0.234. The third-order valence-corrected chi connectivity index (χ3v) is 2.70. The van der Waals surface area contributed by atoms with Crippen LogP contribution in [0.1, 0.15) is 6.42 Å². The molecule has 1 aromatic rings. The second-order valence-electron chi connectivity index (χ2n) is 3.80. The van der Waals surface area contributed by atoms with Crippen molar-refractivity contribution in [1.29, 1.82) is 0 Å². The maximum absolute atomic E-state index is 11.1. The summed E-state index contributed by atoms with van der Waals surface area (Å²) >= 11 is 0. The fraction of sp³-hybridized carbons (Fsp3) is 0.778. The molecular formula is C9H17N5O. The van der Waals surface area contributed by atoms with Crippen molar-refractivity contribution in [3.05, 3.63) is 16.8 Å². The average Bonchev–Trinajstić information content (AvgIpc) is 2.66. The van der Waals surface area contributed by atoms with E-state index in [4.69, 9.17) is 0 Å². The Morgan fingerprint density at radius 2 is 2.13 bits per heavy atom. The molecule has 0 saturated carbocycles. The van der Waals surface area contributed by atoms with E-state index in [9.17, 15) is 4.79 Å². The number of hydrogen-bond donors (Lipinski definition) is 2. The van der Waals surface area contributed by atoms with Gasteiger partial charge in [0.2, 0.25) is 0 Å². The number of piperazine rings is 1. The summed E-state index contributed by atoms with van der Waals surface area (Å²) in [6.07, 6.45) is 2.56. The predicted molar refractivity (Wildman–Crippen MR) is 56.8 cm³/mol. The number of aryl methyl sites for hydroxylation is 1. The Labute approximate surface area is 88.3 Å². The molecule has 0 aliphatic carbocycles. The van der Waals surface area contributed by atoms with Crippen molar-refractivity contribution < 1.29 is 0 Å². The molecule has 1 aromatic heterocycles. The molecule has 0 bridgehead atoms. The van der Waals surface area contributed by atoms with E-state index >= 15 is 0 Å². The maximum Gasteiger partial charge on any atom is 0.343 e. The lowest BCUT2D eigenvalue weighted by atomic mass is 10.3. The summed E-state index contributed by atoms with van der Waals surface area (Å²) in [5.41, 5.74) is -0.115. The van der Waals surface area contributed by atoms with Gasteiger partial charge in [0.05, 0.1) is 0 Å². The van der Waals surface area contributed by atoms with E-state index < -0.39 is 0 Å². The number of aromatic amines is 1. The molecular weight excluding hydrogens is 194 g/mol. The van der Waals surface area contributed by atoms with Crippen molar-refractivity contribution in [2.75, 3.05) is 32.7 Å². The topological polar surface area (TPSA) is 66.0 Å². The number of hydrogen-bond acceptors (Lipinski definition) is 4. The van der Waals surface area contributed by atoms with Gasteiger partial charge in [0, 0.05) is 32.7 Å². The van der Waals surface area contributed by atoms with Crippen molar-refractivity contribution in [1.82, 2.24) is 25.0 Å². The van der Waals surface area contributed by atoms with Gasteiger partial charge in [0.25, 0.3) is 0 Å². The fourth-order valence-corrected chi connectivity index (χ4v) is 1.83. The molecule has 0 unspecified atom stereocenters. The summed E-state index contributed by atoms with van der Waals surface area (Å²) in [5, 5.41) is 9.40. The highest BCUT2D eigenvalue weighted by Crippen LogP contribution is 1.95. The minimum Gasteiger partial charge on any atom is -0.314 e. The van der Waals surface area contributed by atoms with Crippen LogP contribution < -0.4 is 11.0 Å². The average molecular weight is 211 g/mol. The van der Waals surface area contributed by atoms with Crippen molar-refractivity contribution in [2.45, 2.75) is 13.0 Å². The van der Waals surface area contributed by atoms with E-state index in [1.165, 1.54) is 0 Å². The number of rotatable bonds is 4. The van der Waals surface area contributed by atoms with E-state index in [0.717, 1.165) is 45.7 Å². The smallest absolute Gasteiger partial charge is 0.314 e. The molecule has 2 heterocycles. The van der Waals surface area contributed by atoms with Crippen molar-refractivity contribution in [2.24, 2.45) is 0 Å². The van der Waals surface area contributed by atoms with Gasteiger partial charge in [-0.25, -0.2) is 9.89 Å². The first kappa shape index (κ1) is 10.4. The van der Waals surface area contributed by atoms with Crippen LogP contribution in [0.25, 0.3) is 0 Å². The van der Waals surface area contributed by atoms with Crippen LogP contribution in [-0.4, -0.2) is 52.4 Å². The van der Waals surface area contributed by atoms with Gasteiger partial charge in [0.1, 0.15) is 6.33 Å². The van der Waals surface area contributed by atoms with Crippen LogP contribution in [0.5, 0.6) is 0 Å². The molecule has 0 radical (unpaired) electrons. The number of H-pyrrole nitrogens is 1. The van der Waals surface area contributed by atoms with Gasteiger partial charge in [-0.2, -0.15) is 5.10 Å². The largest absolute Gasteiger partial charge is 0.343 e. The second-order valence-corrected chi connectivity index (χ2v) is 3.80. The summed E-state index contributed by atoms with van der Waals surface area (Å²) in [6.45, 7) is 6.18. The Kier molecular flexibility index (Phi) is 3.52. The van der Waals surface area contributed by atoms with Crippen LogP contribution in [0.4, 0.5) is 0 Å². The maximum atomic E-state index is 11.1. The van der Waals surface area contributed by atoms with E-state index in [-0.39, 0.29) is 5.69 Å². The number of nitrogens with one attached hydrogen (secondary N) is 2. The standard InChI is InChI=1S/C9H17N5O/c15-9-12-11-8-14(9)5-1-4-13-6-2-10-3-7-13/h8,10H,1-7H2,(H,12,15). The first-order chi connectivity index (χ1) is 7.36. The van der Waals surface area contributed by atoms with E-state index in [0.29, 0.717) is 0 Å². The highest BCUT2D eigenvalue weighted by atomic mass is 16.1. The minimum absolute atomic E-state index is 0.115. The summed E-state index contributed by atoms with van der Waals surface area (Å²) in [7, 11) is 0. The van der Waals surface area contributed by atoms with Crippen molar-refractivity contribution in [3.63, 3.8) is 0 Å². The molecule has 1 aliphatic heterocycles. The van der Waals surface area contributed by atoms with Crippen LogP contribution in [-0.2, 0) is 6.54 Å². The van der Waals surface area contributed by atoms with Gasteiger partial charge in [-0.15, -0.1) is 0 Å². The van der Waals surface area contributed by atoms with Gasteiger partial charge in [-0.3, -0.25) is 4.57 Å². The minimum atomic E-state index is -0.115. The Morgan fingerprint density at radius 1 is 1.33 bits per heavy atom. The third kappa shape index (κ3) is 2.90. The molecule has 1 fully saturated rings. The van der Waals surface area contributed by atoms with E-state index in [1.807, 2.05) is 0 Å². The normalized spacial score (nSPS) is 18.1. The van der Waals surface area contributed by atoms with Crippen LogP contribution in [0, 0.1) is 0 Å². The van der Waals surface area contributed by atoms with Crippen molar-refractivity contribution in [3.8, 4) is 0 Å². The molecule has 1 saturated heterocycles. The summed E-state index contributed by atoms with van der Waals surface area (Å²) in [6, 6.07) is 0. The molecule has 0 atom stereocenters. The molecule has 2 N–H and O–H groups in total. The Bertz CT molecular complexity index is 338. The molecule has 6 heteroatoms. The zero-order valence-corrected chi connectivity index (χ0v) is 8.78. The molecule has 0 amide bonds. The molecule has 15 heavy (non-hydrogen) atoms. The highest BCUT2D eigenvalue weighted by molar-refractivity contribution is 4.68. The van der Waals surface area contributed by atoms with Crippen LogP contribution in [0.2, 0.25) is 0 Å². The van der Waals surface area contributed by atoms with Crippen LogP contribution in [0.3, 0.4) is 0 Å². The number of aromatic nitrogens is 3. The van der Waals surface area contributed by atoms with E-state index in [2.05, 4.69) is 20.4 Å². The fourth-order valence-electron chi connectivity index (χ4n) is 1.83. The second kappa shape index (κ2) is 5.09. The molecule has 2 rings (SSSR count). The third-order valence-electron chi connectivity index (χ3n) is 2.70. The van der Waals surface area contributed by atoms with Gasteiger partial charge in [-0.05, 0) is 13.0 Å². The predicted octanol–water partition coefficient (Wildman–Crippen LogP) is -1.13. The van der Waals surface area contributed by atoms with Gasteiger partial charge in [-0.1, -0.05) is 0 Å². The van der Waals surface area contributed by atoms with Crippen LogP contribution in [0.15, 0.2) is 11.1 Å². The zero-order valence-electron chi connectivity index (χ0n) is 8.78. The monoisotopic (exact) mass is 211 g/mol. The summed E-state index contributed by atoms with van der Waals surface area (Å²) < 4.78 is 1.61. The molecule has 1 aliphatic rings. The lowest BCUT2D eigenvalue weighted by Gasteiger charge is -2.26. The lowest BCUT2D eigenvalue weighted by Crippen LogP contribution is -2.44. The Balaban J connectivity index is 1.70. The molecule has 0 aromatic carbocycles. The SMILES string of the molecule is O=c1[nH]ncn1CCCN1CCNCC1. The Hall–Kier alpha value is -1.14. The van der Waals surface area contributed by atoms with Crippen LogP contribution >= 0.6 is 0 Å². The first-order valence-electron chi connectivity index (χ1n) is 5.39. The van der Waals surface area contributed by atoms with Gasteiger partial charge >= 0.3 is 5.69 Å². The van der Waals surface area contributed by atoms with Gasteiger partial charge < -0.3 is 10.2 Å². The molecule has 84 valence electrons.